The van der Waals surface area contributed by atoms with E-state index in [2.05, 4.69) is 41.0 Å². The first-order chi connectivity index (χ1) is 11.7. The predicted molar refractivity (Wildman–Crippen MR) is 98.6 cm³/mol. The Morgan fingerprint density at radius 1 is 1.04 bits per heavy atom. The average Bonchev–Trinajstić information content (AvgIpc) is 2.62. The van der Waals surface area contributed by atoms with Crippen LogP contribution in [-0.2, 0) is 6.42 Å². The summed E-state index contributed by atoms with van der Waals surface area (Å²) in [6.45, 7) is 8.23. The number of nitrogens with zero attached hydrogens (tertiary/aromatic N) is 3. The molecule has 0 radical (unpaired) electrons. The summed E-state index contributed by atoms with van der Waals surface area (Å²) in [5.41, 5.74) is 2.26. The summed E-state index contributed by atoms with van der Waals surface area (Å²) in [4.78, 5) is 23.3. The molecule has 0 spiro atoms. The van der Waals surface area contributed by atoms with Gasteiger partial charge in [0.2, 0.25) is 0 Å². The van der Waals surface area contributed by atoms with E-state index in [-0.39, 0.29) is 5.91 Å². The highest BCUT2D eigenvalue weighted by molar-refractivity contribution is 6.03. The molecule has 0 fully saturated rings. The zero-order valence-corrected chi connectivity index (χ0v) is 14.7. The molecule has 5 nitrogen and oxygen atoms in total. The molecule has 0 aliphatic carbocycles. The number of carbonyl (C=O) groups excluding carboxylic acids is 1. The number of hydrogen-bond donors (Lipinski definition) is 1. The summed E-state index contributed by atoms with van der Waals surface area (Å²) in [6, 6.07) is 7.80. The van der Waals surface area contributed by atoms with Crippen molar-refractivity contribution in [1.29, 1.82) is 0 Å². The third-order valence-electron chi connectivity index (χ3n) is 3.83. The number of aryl methyl sites for hydroxylation is 1. The Labute approximate surface area is 144 Å². The van der Waals surface area contributed by atoms with E-state index >= 15 is 0 Å². The molecule has 0 saturated carbocycles. The minimum atomic E-state index is -0.229. The van der Waals surface area contributed by atoms with Crippen molar-refractivity contribution in [3.8, 4) is 0 Å². The Morgan fingerprint density at radius 2 is 1.75 bits per heavy atom. The zero-order valence-electron chi connectivity index (χ0n) is 14.7. The van der Waals surface area contributed by atoms with Gasteiger partial charge in [-0.1, -0.05) is 39.0 Å². The highest BCUT2D eigenvalue weighted by Crippen LogP contribution is 2.17. The van der Waals surface area contributed by atoms with Crippen molar-refractivity contribution < 1.29 is 4.79 Å². The maximum atomic E-state index is 12.4. The summed E-state index contributed by atoms with van der Waals surface area (Å²) >= 11 is 0. The van der Waals surface area contributed by atoms with Crippen LogP contribution < -0.4 is 10.2 Å². The maximum Gasteiger partial charge on any atom is 0.275 e. The van der Waals surface area contributed by atoms with Crippen molar-refractivity contribution in [2.45, 2.75) is 40.0 Å². The Balaban J connectivity index is 2.10. The quantitative estimate of drug-likeness (QED) is 0.799. The van der Waals surface area contributed by atoms with Crippen LogP contribution in [0.25, 0.3) is 0 Å². The first-order valence-corrected chi connectivity index (χ1v) is 8.65. The second-order valence-electron chi connectivity index (χ2n) is 5.71. The molecule has 1 aromatic heterocycles. The number of amides is 1. The van der Waals surface area contributed by atoms with Gasteiger partial charge >= 0.3 is 0 Å². The van der Waals surface area contributed by atoms with E-state index in [0.29, 0.717) is 5.69 Å². The van der Waals surface area contributed by atoms with Crippen LogP contribution in [0.1, 0.15) is 49.7 Å². The fourth-order valence-electron chi connectivity index (χ4n) is 2.62. The molecule has 5 heteroatoms. The van der Waals surface area contributed by atoms with Crippen molar-refractivity contribution in [1.82, 2.24) is 9.97 Å². The Kier molecular flexibility index (Phi) is 6.73. The standard InChI is InChI=1S/C19H26N4O/c1-4-11-23(12-5-2)18-14-20-17(13-21-18)19(24)22-16-10-8-7-9-15(16)6-3/h7-10,13-14H,4-6,11-12H2,1-3H3,(H,22,24). The maximum absolute atomic E-state index is 12.4. The molecule has 24 heavy (non-hydrogen) atoms. The number of hydrogen-bond acceptors (Lipinski definition) is 4. The lowest BCUT2D eigenvalue weighted by Crippen LogP contribution is -2.26. The first kappa shape index (κ1) is 17.9. The van der Waals surface area contributed by atoms with Crippen LogP contribution in [0.15, 0.2) is 36.7 Å². The molecule has 0 unspecified atom stereocenters. The van der Waals surface area contributed by atoms with Crippen LogP contribution in [0.3, 0.4) is 0 Å². The molecular weight excluding hydrogens is 300 g/mol. The van der Waals surface area contributed by atoms with Crippen molar-refractivity contribution in [3.63, 3.8) is 0 Å². The smallest absolute Gasteiger partial charge is 0.275 e. The summed E-state index contributed by atoms with van der Waals surface area (Å²) in [5, 5.41) is 2.92. The van der Waals surface area contributed by atoms with Crippen LogP contribution >= 0.6 is 0 Å². The molecule has 0 saturated heterocycles. The van der Waals surface area contributed by atoms with Gasteiger partial charge in [0.1, 0.15) is 11.5 Å². The van der Waals surface area contributed by atoms with E-state index in [9.17, 15) is 4.79 Å². The molecule has 1 heterocycles. The lowest BCUT2D eigenvalue weighted by atomic mass is 10.1. The van der Waals surface area contributed by atoms with Gasteiger partial charge in [0.25, 0.3) is 5.91 Å². The molecule has 128 valence electrons. The van der Waals surface area contributed by atoms with Crippen molar-refractivity contribution in [2.75, 3.05) is 23.3 Å². The van der Waals surface area contributed by atoms with Crippen LogP contribution in [0.4, 0.5) is 11.5 Å². The van der Waals surface area contributed by atoms with E-state index < -0.39 is 0 Å². The van der Waals surface area contributed by atoms with E-state index in [1.54, 1.807) is 12.4 Å². The molecule has 1 aromatic carbocycles. The minimum absolute atomic E-state index is 0.229. The van der Waals surface area contributed by atoms with E-state index in [0.717, 1.165) is 49.4 Å². The topological polar surface area (TPSA) is 58.1 Å². The normalized spacial score (nSPS) is 10.5. The van der Waals surface area contributed by atoms with Crippen molar-refractivity contribution in [3.05, 3.63) is 47.9 Å². The highest BCUT2D eigenvalue weighted by atomic mass is 16.1. The molecule has 0 bridgehead atoms. The van der Waals surface area contributed by atoms with Crippen LogP contribution in [0, 0.1) is 0 Å². The second-order valence-corrected chi connectivity index (χ2v) is 5.71. The number of carbonyl (C=O) groups is 1. The van der Waals surface area contributed by atoms with Gasteiger partial charge in [0.05, 0.1) is 12.4 Å². The number of rotatable bonds is 8. The van der Waals surface area contributed by atoms with Gasteiger partial charge in [-0.2, -0.15) is 0 Å². The van der Waals surface area contributed by atoms with Gasteiger partial charge in [-0.3, -0.25) is 4.79 Å². The van der Waals surface area contributed by atoms with Gasteiger partial charge in [0.15, 0.2) is 0 Å². The van der Waals surface area contributed by atoms with Crippen molar-refractivity contribution >= 4 is 17.4 Å². The van der Waals surface area contributed by atoms with Gasteiger partial charge in [-0.25, -0.2) is 9.97 Å². The number of benzene rings is 1. The molecule has 2 aromatic rings. The second kappa shape index (κ2) is 9.01. The summed E-state index contributed by atoms with van der Waals surface area (Å²) in [7, 11) is 0. The third kappa shape index (κ3) is 4.54. The SMILES string of the molecule is CCCN(CCC)c1cnc(C(=O)Nc2ccccc2CC)cn1. The Bertz CT molecular complexity index is 649. The average molecular weight is 326 g/mol. The van der Waals surface area contributed by atoms with Crippen molar-refractivity contribution in [2.24, 2.45) is 0 Å². The monoisotopic (exact) mass is 326 g/mol. The number of aromatic nitrogens is 2. The van der Waals surface area contributed by atoms with E-state index in [1.807, 2.05) is 24.3 Å². The van der Waals surface area contributed by atoms with Gasteiger partial charge in [-0.05, 0) is 30.9 Å². The highest BCUT2D eigenvalue weighted by Gasteiger charge is 2.12. The van der Waals surface area contributed by atoms with Crippen LogP contribution in [-0.4, -0.2) is 29.0 Å². The Morgan fingerprint density at radius 3 is 2.33 bits per heavy atom. The molecule has 1 N–H and O–H groups in total. The molecule has 1 amide bonds. The van der Waals surface area contributed by atoms with Gasteiger partial charge in [-0.15, -0.1) is 0 Å². The first-order valence-electron chi connectivity index (χ1n) is 8.65. The van der Waals surface area contributed by atoms with Gasteiger partial charge in [0, 0.05) is 18.8 Å². The molecular formula is C19H26N4O. The number of nitrogens with one attached hydrogen (secondary N) is 1. The molecule has 0 atom stereocenters. The summed E-state index contributed by atoms with van der Waals surface area (Å²) in [6.07, 6.45) is 6.21. The summed E-state index contributed by atoms with van der Waals surface area (Å²) < 4.78 is 0. The lowest BCUT2D eigenvalue weighted by Gasteiger charge is -2.22. The third-order valence-corrected chi connectivity index (χ3v) is 3.83. The molecule has 0 aliphatic rings. The molecule has 2 rings (SSSR count). The lowest BCUT2D eigenvalue weighted by molar-refractivity contribution is 0.102. The zero-order chi connectivity index (χ0) is 17.4. The fraction of sp³-hybridized carbons (Fsp3) is 0.421. The summed E-state index contributed by atoms with van der Waals surface area (Å²) in [5.74, 6) is 0.594. The van der Waals surface area contributed by atoms with Gasteiger partial charge < -0.3 is 10.2 Å². The number of para-hydroxylation sites is 1. The number of anilines is 2. The fourth-order valence-corrected chi connectivity index (χ4v) is 2.62. The van der Waals surface area contributed by atoms with Crippen LogP contribution in [0.2, 0.25) is 0 Å². The Hall–Kier alpha value is -2.43. The van der Waals surface area contributed by atoms with Crippen LogP contribution in [0.5, 0.6) is 0 Å². The van der Waals surface area contributed by atoms with E-state index in [4.69, 9.17) is 0 Å². The van der Waals surface area contributed by atoms with E-state index in [1.165, 1.54) is 0 Å². The molecule has 0 aliphatic heterocycles. The minimum Gasteiger partial charge on any atom is -0.355 e. The largest absolute Gasteiger partial charge is 0.355 e. The predicted octanol–water partition coefficient (Wildman–Crippen LogP) is 3.92.